The molecular formula is C22H27N5O4. The largest absolute Gasteiger partial charge is 0.497 e. The summed E-state index contributed by atoms with van der Waals surface area (Å²) < 4.78 is 12.9. The van der Waals surface area contributed by atoms with Gasteiger partial charge in [0, 0.05) is 31.6 Å². The van der Waals surface area contributed by atoms with Crippen molar-refractivity contribution in [2.24, 2.45) is 0 Å². The summed E-state index contributed by atoms with van der Waals surface area (Å²) in [6, 6.07) is 10.5. The first-order valence-electron chi connectivity index (χ1n) is 10.3. The van der Waals surface area contributed by atoms with Crippen molar-refractivity contribution in [2.75, 3.05) is 20.2 Å². The topological polar surface area (TPSA) is 106 Å². The molecule has 31 heavy (non-hydrogen) atoms. The molecule has 164 valence electrons. The molecule has 0 bridgehead atoms. The number of nitrogens with zero attached hydrogens (tertiary/aromatic N) is 4. The molecule has 3 aromatic rings. The van der Waals surface area contributed by atoms with E-state index in [1.54, 1.807) is 37.4 Å². The Morgan fingerprint density at radius 1 is 1.23 bits per heavy atom. The Kier molecular flexibility index (Phi) is 6.34. The van der Waals surface area contributed by atoms with E-state index in [1.807, 2.05) is 13.0 Å². The van der Waals surface area contributed by atoms with Crippen molar-refractivity contribution in [3.05, 3.63) is 65.1 Å². The molecule has 0 fully saturated rings. The van der Waals surface area contributed by atoms with Crippen LogP contribution in [0.25, 0.3) is 0 Å². The number of fused-ring (bicyclic) bond motifs is 1. The van der Waals surface area contributed by atoms with Gasteiger partial charge in [-0.25, -0.2) is 0 Å². The van der Waals surface area contributed by atoms with Crippen LogP contribution in [0, 0.1) is 0 Å². The maximum absolute atomic E-state index is 12.7. The van der Waals surface area contributed by atoms with Crippen LogP contribution in [0.15, 0.2) is 40.8 Å². The Hall–Kier alpha value is -3.17. The van der Waals surface area contributed by atoms with Crippen LogP contribution < -0.4 is 10.1 Å². The zero-order chi connectivity index (χ0) is 21.8. The van der Waals surface area contributed by atoms with Crippen molar-refractivity contribution >= 4 is 5.91 Å². The molecule has 0 spiro atoms. The first kappa shape index (κ1) is 21.1. The zero-order valence-corrected chi connectivity index (χ0v) is 17.7. The average Bonchev–Trinajstić information content (AvgIpc) is 3.37. The summed E-state index contributed by atoms with van der Waals surface area (Å²) in [5.74, 6) is 3.52. The average molecular weight is 425 g/mol. The van der Waals surface area contributed by atoms with Crippen molar-refractivity contribution < 1.29 is 19.1 Å². The van der Waals surface area contributed by atoms with E-state index < -0.39 is 0 Å². The van der Waals surface area contributed by atoms with Gasteiger partial charge in [0.1, 0.15) is 29.7 Å². The molecule has 3 heterocycles. The fourth-order valence-corrected chi connectivity index (χ4v) is 3.79. The number of ether oxygens (including phenoxy) is 1. The standard InChI is InChI=1S/C22H27N5O4/c1-15(23-22(29)16-4-3-5-17(12-16)30-2)21-25-24-20-8-9-26(10-11-27(20)21)13-18-6-7-19(14-28)31-18/h3-7,12,15,28H,8-11,13-14H2,1-2H3,(H,23,29). The quantitative estimate of drug-likeness (QED) is 0.596. The molecule has 1 aliphatic rings. The molecule has 4 rings (SSSR count). The highest BCUT2D eigenvalue weighted by atomic mass is 16.5. The third-order valence-electron chi connectivity index (χ3n) is 5.47. The molecule has 1 unspecified atom stereocenters. The fraction of sp³-hybridized carbons (Fsp3) is 0.409. The first-order valence-corrected chi connectivity index (χ1v) is 10.3. The molecule has 1 amide bonds. The summed E-state index contributed by atoms with van der Waals surface area (Å²) in [4.78, 5) is 15.0. The number of benzene rings is 1. The van der Waals surface area contributed by atoms with Crippen molar-refractivity contribution in [1.82, 2.24) is 25.0 Å². The van der Waals surface area contributed by atoms with Gasteiger partial charge in [-0.1, -0.05) is 6.07 Å². The number of hydrogen-bond donors (Lipinski definition) is 2. The molecule has 2 aromatic heterocycles. The van der Waals surface area contributed by atoms with Crippen LogP contribution in [0.1, 0.15) is 46.5 Å². The lowest BCUT2D eigenvalue weighted by Gasteiger charge is -2.19. The molecule has 0 aliphatic carbocycles. The predicted molar refractivity (Wildman–Crippen MR) is 113 cm³/mol. The van der Waals surface area contributed by atoms with Crippen LogP contribution >= 0.6 is 0 Å². The normalized spacial score (nSPS) is 15.2. The minimum Gasteiger partial charge on any atom is -0.497 e. The van der Waals surface area contributed by atoms with Gasteiger partial charge in [0.05, 0.1) is 19.7 Å². The van der Waals surface area contributed by atoms with E-state index in [4.69, 9.17) is 9.15 Å². The molecule has 2 N–H and O–H groups in total. The predicted octanol–water partition coefficient (Wildman–Crippen LogP) is 1.92. The highest BCUT2D eigenvalue weighted by Gasteiger charge is 2.23. The Morgan fingerprint density at radius 3 is 2.84 bits per heavy atom. The molecule has 1 aromatic carbocycles. The van der Waals surface area contributed by atoms with Gasteiger partial charge in [-0.05, 0) is 37.3 Å². The first-order chi connectivity index (χ1) is 15.1. The van der Waals surface area contributed by atoms with Gasteiger partial charge in [-0.3, -0.25) is 9.69 Å². The Bertz CT molecular complexity index is 1040. The molecular weight excluding hydrogens is 398 g/mol. The number of aromatic nitrogens is 3. The van der Waals surface area contributed by atoms with Crippen molar-refractivity contribution in [3.63, 3.8) is 0 Å². The number of aliphatic hydroxyl groups is 1. The van der Waals surface area contributed by atoms with E-state index in [2.05, 4.69) is 25.0 Å². The number of hydrogen-bond acceptors (Lipinski definition) is 7. The number of furan rings is 1. The van der Waals surface area contributed by atoms with Crippen LogP contribution in [0.3, 0.4) is 0 Å². The second kappa shape index (κ2) is 9.32. The number of aliphatic hydroxyl groups excluding tert-OH is 1. The number of methoxy groups -OCH3 is 1. The van der Waals surface area contributed by atoms with Crippen LogP contribution in [0.5, 0.6) is 5.75 Å². The summed E-state index contributed by atoms with van der Waals surface area (Å²) >= 11 is 0. The van der Waals surface area contributed by atoms with Gasteiger partial charge in [-0.15, -0.1) is 10.2 Å². The molecule has 1 aliphatic heterocycles. The summed E-state index contributed by atoms with van der Waals surface area (Å²) in [6.07, 6.45) is 0.761. The van der Waals surface area contributed by atoms with Crippen LogP contribution in [-0.4, -0.2) is 50.9 Å². The van der Waals surface area contributed by atoms with E-state index in [0.29, 0.717) is 23.6 Å². The second-order valence-corrected chi connectivity index (χ2v) is 7.61. The number of amides is 1. The second-order valence-electron chi connectivity index (χ2n) is 7.61. The third kappa shape index (κ3) is 4.78. The Balaban J connectivity index is 1.41. The van der Waals surface area contributed by atoms with E-state index in [-0.39, 0.29) is 18.6 Å². The minimum absolute atomic E-state index is 0.0935. The van der Waals surface area contributed by atoms with Crippen molar-refractivity contribution in [2.45, 2.75) is 39.1 Å². The molecule has 0 saturated carbocycles. The smallest absolute Gasteiger partial charge is 0.251 e. The van der Waals surface area contributed by atoms with Gasteiger partial charge in [0.25, 0.3) is 5.91 Å². The van der Waals surface area contributed by atoms with Gasteiger partial charge < -0.3 is 24.1 Å². The number of carbonyl (C=O) groups excluding carboxylic acids is 1. The SMILES string of the molecule is COc1cccc(C(=O)NC(C)c2nnc3n2CCN(Cc2ccc(CO)o2)CC3)c1. The Labute approximate surface area is 180 Å². The van der Waals surface area contributed by atoms with Crippen molar-refractivity contribution in [1.29, 1.82) is 0 Å². The highest BCUT2D eigenvalue weighted by molar-refractivity contribution is 5.94. The molecule has 0 radical (unpaired) electrons. The van der Waals surface area contributed by atoms with E-state index in [9.17, 15) is 9.90 Å². The Morgan fingerprint density at radius 2 is 2.06 bits per heavy atom. The lowest BCUT2D eigenvalue weighted by molar-refractivity contribution is 0.0937. The molecule has 0 saturated heterocycles. The number of carbonyl (C=O) groups is 1. The zero-order valence-electron chi connectivity index (χ0n) is 17.7. The molecule has 1 atom stereocenters. The number of rotatable bonds is 7. The summed E-state index contributed by atoms with van der Waals surface area (Å²) in [5, 5.41) is 20.9. The summed E-state index contributed by atoms with van der Waals surface area (Å²) in [6.45, 7) is 4.86. The van der Waals surface area contributed by atoms with Gasteiger partial charge >= 0.3 is 0 Å². The highest BCUT2D eigenvalue weighted by Crippen LogP contribution is 2.19. The van der Waals surface area contributed by atoms with E-state index >= 15 is 0 Å². The van der Waals surface area contributed by atoms with Gasteiger partial charge in [0.2, 0.25) is 0 Å². The third-order valence-corrected chi connectivity index (χ3v) is 5.47. The summed E-state index contributed by atoms with van der Waals surface area (Å²) in [7, 11) is 1.58. The molecule has 9 nitrogen and oxygen atoms in total. The van der Waals surface area contributed by atoms with Gasteiger partial charge in [0.15, 0.2) is 5.82 Å². The van der Waals surface area contributed by atoms with Crippen LogP contribution in [-0.2, 0) is 26.1 Å². The number of nitrogens with one attached hydrogen (secondary N) is 1. The van der Waals surface area contributed by atoms with E-state index in [0.717, 1.165) is 43.5 Å². The fourth-order valence-electron chi connectivity index (χ4n) is 3.79. The summed E-state index contributed by atoms with van der Waals surface area (Å²) in [5.41, 5.74) is 0.536. The molecule has 9 heteroatoms. The van der Waals surface area contributed by atoms with Crippen LogP contribution in [0.2, 0.25) is 0 Å². The lowest BCUT2D eigenvalue weighted by Crippen LogP contribution is -2.30. The van der Waals surface area contributed by atoms with Crippen molar-refractivity contribution in [3.8, 4) is 5.75 Å². The minimum atomic E-state index is -0.288. The lowest BCUT2D eigenvalue weighted by atomic mass is 10.2. The maximum atomic E-state index is 12.7. The maximum Gasteiger partial charge on any atom is 0.251 e. The monoisotopic (exact) mass is 425 g/mol. The van der Waals surface area contributed by atoms with Crippen LogP contribution in [0.4, 0.5) is 0 Å². The van der Waals surface area contributed by atoms with E-state index in [1.165, 1.54) is 0 Å². The van der Waals surface area contributed by atoms with Gasteiger partial charge in [-0.2, -0.15) is 0 Å².